The van der Waals surface area contributed by atoms with Crippen molar-refractivity contribution in [1.29, 1.82) is 0 Å². The zero-order chi connectivity index (χ0) is 35.5. The monoisotopic (exact) mass is 694 g/mol. The van der Waals surface area contributed by atoms with Crippen LogP contribution in [0.5, 0.6) is 0 Å². The number of hydrogen-bond acceptors (Lipinski definition) is 6. The molecular weight excluding hydrogens is 625 g/mol. The molecule has 0 radical (unpaired) electrons. The molecule has 0 heterocycles. The Morgan fingerprint density at radius 2 is 0.812 bits per heavy atom. The van der Waals surface area contributed by atoms with E-state index in [4.69, 9.17) is 9.47 Å². The fourth-order valence-corrected chi connectivity index (χ4v) is 6.86. The van der Waals surface area contributed by atoms with Crippen LogP contribution in [0.2, 0.25) is 0 Å². The van der Waals surface area contributed by atoms with Crippen molar-refractivity contribution in [2.24, 2.45) is 11.8 Å². The van der Waals surface area contributed by atoms with E-state index in [1.54, 1.807) is 0 Å². The van der Waals surface area contributed by atoms with Crippen LogP contribution in [-0.4, -0.2) is 38.1 Å². The van der Waals surface area contributed by atoms with Gasteiger partial charge in [-0.3, -0.25) is 4.55 Å². The SMILES string of the molecule is CCCCCCCCC(CCCCCC)COC(=O)c1cc(C(=O)OCC(CCCCCC)CCCCCCCC)cc(S(=O)(=O)O)c1. The number of carbonyl (C=O) groups excluding carboxylic acids is 2. The lowest BCUT2D eigenvalue weighted by Crippen LogP contribution is -2.18. The lowest BCUT2D eigenvalue weighted by atomic mass is 9.95. The zero-order valence-electron chi connectivity index (χ0n) is 31.1. The summed E-state index contributed by atoms with van der Waals surface area (Å²) in [6.45, 7) is 9.28. The van der Waals surface area contributed by atoms with E-state index < -0.39 is 27.0 Å². The number of rotatable bonds is 31. The van der Waals surface area contributed by atoms with E-state index in [0.717, 1.165) is 89.2 Å². The van der Waals surface area contributed by atoms with Gasteiger partial charge in [0, 0.05) is 0 Å². The van der Waals surface area contributed by atoms with Crippen molar-refractivity contribution >= 4 is 22.1 Å². The normalized spacial score (nSPS) is 12.9. The van der Waals surface area contributed by atoms with E-state index >= 15 is 0 Å². The molecule has 8 heteroatoms. The summed E-state index contributed by atoms with van der Waals surface area (Å²) in [5.74, 6) is -0.944. The summed E-state index contributed by atoms with van der Waals surface area (Å²) in [4.78, 5) is 25.9. The van der Waals surface area contributed by atoms with Crippen molar-refractivity contribution in [1.82, 2.24) is 0 Å². The first kappa shape index (κ1) is 44.1. The third-order valence-corrected chi connectivity index (χ3v) is 10.3. The Morgan fingerprint density at radius 3 is 1.12 bits per heavy atom. The van der Waals surface area contributed by atoms with Crippen LogP contribution in [0.1, 0.15) is 203 Å². The lowest BCUT2D eigenvalue weighted by Gasteiger charge is -2.18. The molecule has 0 aliphatic carbocycles. The van der Waals surface area contributed by atoms with Crippen molar-refractivity contribution < 1.29 is 32.0 Å². The number of carbonyl (C=O) groups is 2. The summed E-state index contributed by atoms with van der Waals surface area (Å²) in [6, 6.07) is 3.48. The van der Waals surface area contributed by atoms with Crippen molar-refractivity contribution in [3.05, 3.63) is 29.3 Å². The van der Waals surface area contributed by atoms with Gasteiger partial charge in [0.15, 0.2) is 0 Å². The van der Waals surface area contributed by atoms with Crippen molar-refractivity contribution in [3.63, 3.8) is 0 Å². The van der Waals surface area contributed by atoms with Crippen LogP contribution < -0.4 is 0 Å². The average Bonchev–Trinajstić information content (AvgIpc) is 3.07. The first-order chi connectivity index (χ1) is 23.2. The number of ether oxygens (including phenoxy) is 2. The summed E-state index contributed by atoms with van der Waals surface area (Å²) >= 11 is 0. The highest BCUT2D eigenvalue weighted by Crippen LogP contribution is 2.23. The van der Waals surface area contributed by atoms with Gasteiger partial charge < -0.3 is 9.47 Å². The smallest absolute Gasteiger partial charge is 0.338 e. The van der Waals surface area contributed by atoms with Gasteiger partial charge in [-0.2, -0.15) is 8.42 Å². The number of esters is 2. The molecule has 0 fully saturated rings. The third-order valence-electron chi connectivity index (χ3n) is 9.44. The number of benzene rings is 1. The second-order valence-corrected chi connectivity index (χ2v) is 15.4. The second kappa shape index (κ2) is 27.8. The Bertz CT molecular complexity index is 1020. The van der Waals surface area contributed by atoms with Crippen LogP contribution >= 0.6 is 0 Å². The van der Waals surface area contributed by atoms with Crippen molar-refractivity contribution in [2.75, 3.05) is 13.2 Å². The molecule has 1 aromatic carbocycles. The van der Waals surface area contributed by atoms with E-state index in [9.17, 15) is 22.6 Å². The second-order valence-electron chi connectivity index (χ2n) is 14.0. The Morgan fingerprint density at radius 1 is 0.521 bits per heavy atom. The molecule has 1 aromatic rings. The van der Waals surface area contributed by atoms with Gasteiger partial charge in [0.2, 0.25) is 0 Å². The highest BCUT2D eigenvalue weighted by molar-refractivity contribution is 7.85. The molecule has 0 aromatic heterocycles. The molecule has 2 atom stereocenters. The summed E-state index contributed by atoms with van der Waals surface area (Å²) in [5.41, 5.74) is -0.158. The Balaban J connectivity index is 2.94. The summed E-state index contributed by atoms with van der Waals surface area (Å²) in [5, 5.41) is 0. The van der Waals surface area contributed by atoms with Gasteiger partial charge in [0.25, 0.3) is 10.1 Å². The van der Waals surface area contributed by atoms with Gasteiger partial charge in [-0.05, 0) is 55.7 Å². The van der Waals surface area contributed by atoms with Gasteiger partial charge >= 0.3 is 11.9 Å². The zero-order valence-corrected chi connectivity index (χ0v) is 31.9. The highest BCUT2D eigenvalue weighted by atomic mass is 32.2. The van der Waals surface area contributed by atoms with Crippen LogP contribution in [0, 0.1) is 11.8 Å². The van der Waals surface area contributed by atoms with Crippen LogP contribution in [0.15, 0.2) is 23.1 Å². The van der Waals surface area contributed by atoms with Crippen molar-refractivity contribution in [2.45, 2.75) is 187 Å². The van der Waals surface area contributed by atoms with E-state index in [2.05, 4.69) is 27.7 Å². The third kappa shape index (κ3) is 21.2. The van der Waals surface area contributed by atoms with Gasteiger partial charge in [-0.15, -0.1) is 0 Å². The molecule has 2 unspecified atom stereocenters. The average molecular weight is 695 g/mol. The Labute approximate surface area is 294 Å². The largest absolute Gasteiger partial charge is 0.462 e. The minimum atomic E-state index is -4.67. The van der Waals surface area contributed by atoms with E-state index in [1.807, 2.05) is 0 Å². The summed E-state index contributed by atoms with van der Waals surface area (Å²) < 4.78 is 45.5. The molecule has 0 amide bonds. The molecule has 0 bridgehead atoms. The van der Waals surface area contributed by atoms with E-state index in [0.29, 0.717) is 0 Å². The number of unbranched alkanes of at least 4 members (excludes halogenated alkanes) is 16. The Kier molecular flexibility index (Phi) is 25.6. The van der Waals surface area contributed by atoms with Gasteiger partial charge in [-0.1, -0.05) is 156 Å². The molecule has 1 N–H and O–H groups in total. The molecule has 1 rings (SSSR count). The molecule has 0 spiro atoms. The minimum Gasteiger partial charge on any atom is -0.462 e. The first-order valence-corrected chi connectivity index (χ1v) is 21.1. The molecule has 0 aliphatic heterocycles. The fraction of sp³-hybridized carbons (Fsp3) is 0.800. The first-order valence-electron chi connectivity index (χ1n) is 19.6. The lowest BCUT2D eigenvalue weighted by molar-refractivity contribution is 0.0419. The van der Waals surface area contributed by atoms with E-state index in [-0.39, 0.29) is 36.2 Å². The maximum atomic E-state index is 13.2. The molecule has 48 heavy (non-hydrogen) atoms. The fourth-order valence-electron chi connectivity index (χ4n) is 6.31. The maximum absolute atomic E-state index is 13.2. The molecule has 0 saturated carbocycles. The standard InChI is InChI=1S/C40H70O7S/c1-5-9-13-17-19-23-27-34(25-21-15-11-7-3)32-46-39(41)36-29-37(31-38(30-36)48(43,44)45)40(42)47-33-35(26-22-16-12-8-4)28-24-20-18-14-10-6-2/h29-31,34-35H,5-28,32-33H2,1-4H3,(H,43,44,45). The van der Waals surface area contributed by atoms with Crippen molar-refractivity contribution in [3.8, 4) is 0 Å². The summed E-state index contributed by atoms with van der Waals surface area (Å²) in [6.07, 6.45) is 27.5. The molecule has 278 valence electrons. The minimum absolute atomic E-state index is 0.0791. The summed E-state index contributed by atoms with van der Waals surface area (Å²) in [7, 11) is -4.67. The molecular formula is C40H70O7S. The van der Waals surface area contributed by atoms with Gasteiger partial charge in [0.05, 0.1) is 29.2 Å². The topological polar surface area (TPSA) is 107 Å². The predicted octanol–water partition coefficient (Wildman–Crippen LogP) is 11.9. The van der Waals surface area contributed by atoms with Crippen LogP contribution in [0.4, 0.5) is 0 Å². The number of hydrogen-bond donors (Lipinski definition) is 1. The predicted molar refractivity (Wildman–Crippen MR) is 197 cm³/mol. The molecule has 0 aliphatic rings. The van der Waals surface area contributed by atoms with Crippen LogP contribution in [-0.2, 0) is 19.6 Å². The van der Waals surface area contributed by atoms with Crippen LogP contribution in [0.25, 0.3) is 0 Å². The van der Waals surface area contributed by atoms with Gasteiger partial charge in [0.1, 0.15) is 0 Å². The molecule has 7 nitrogen and oxygen atoms in total. The van der Waals surface area contributed by atoms with Gasteiger partial charge in [-0.25, -0.2) is 9.59 Å². The van der Waals surface area contributed by atoms with E-state index in [1.165, 1.54) is 83.1 Å². The van der Waals surface area contributed by atoms with Crippen LogP contribution in [0.3, 0.4) is 0 Å². The Hall–Kier alpha value is -1.93. The highest BCUT2D eigenvalue weighted by Gasteiger charge is 2.22. The quantitative estimate of drug-likeness (QED) is 0.0468. The maximum Gasteiger partial charge on any atom is 0.338 e. The molecule has 0 saturated heterocycles.